The van der Waals surface area contributed by atoms with Crippen LogP contribution in [0.4, 0.5) is 4.79 Å². The molecule has 1 saturated heterocycles. The number of nitrogens with one attached hydrogen (secondary N) is 3. The van der Waals surface area contributed by atoms with Gasteiger partial charge >= 0.3 is 12.1 Å². The molecule has 3 aliphatic carbocycles. The first kappa shape index (κ1) is 37.3. The van der Waals surface area contributed by atoms with Crippen LogP contribution in [0.15, 0.2) is 30.3 Å². The average Bonchev–Trinajstić information content (AvgIpc) is 3.36. The van der Waals surface area contributed by atoms with Crippen molar-refractivity contribution < 1.29 is 38.2 Å². The van der Waals surface area contributed by atoms with Crippen molar-refractivity contribution in [3.05, 3.63) is 35.9 Å². The van der Waals surface area contributed by atoms with Crippen molar-refractivity contribution >= 4 is 35.6 Å². The van der Waals surface area contributed by atoms with Gasteiger partial charge in [-0.3, -0.25) is 24.0 Å². The lowest BCUT2D eigenvalue weighted by Gasteiger charge is -2.37. The summed E-state index contributed by atoms with van der Waals surface area (Å²) in [5.74, 6) is -3.27. The van der Waals surface area contributed by atoms with E-state index in [1.807, 2.05) is 18.2 Å². The second-order valence-corrected chi connectivity index (χ2v) is 16.2. The third-order valence-corrected chi connectivity index (χ3v) is 11.1. The van der Waals surface area contributed by atoms with Gasteiger partial charge in [-0.05, 0) is 74.7 Å². The maximum Gasteiger partial charge on any atom is 0.408 e. The number of likely N-dealkylation sites (tertiary alicyclic amines) is 1. The summed E-state index contributed by atoms with van der Waals surface area (Å²) in [6.45, 7) is 9.35. The fraction of sp³-hybridized carbons (Fsp3) is 0.684. The number of fused-ring (bicyclic) bond motifs is 1. The van der Waals surface area contributed by atoms with Gasteiger partial charge in [0.15, 0.2) is 0 Å². The lowest BCUT2D eigenvalue weighted by molar-refractivity contribution is -0.147. The molecule has 1 aromatic carbocycles. The van der Waals surface area contributed by atoms with Gasteiger partial charge in [0.05, 0.1) is 6.04 Å². The average molecular weight is 695 g/mol. The Balaban J connectivity index is 1.27. The van der Waals surface area contributed by atoms with E-state index in [9.17, 15) is 28.8 Å². The van der Waals surface area contributed by atoms with Crippen LogP contribution in [0, 0.1) is 29.1 Å². The molecule has 1 aromatic rings. The number of hydrogen-bond donors (Lipinski definition) is 3. The Hall–Kier alpha value is -3.96. The third-order valence-electron chi connectivity index (χ3n) is 11.1. The fourth-order valence-electron chi connectivity index (χ4n) is 8.01. The molecule has 274 valence electrons. The van der Waals surface area contributed by atoms with Gasteiger partial charge in [-0.2, -0.15) is 0 Å². The van der Waals surface area contributed by atoms with E-state index in [1.165, 1.54) is 0 Å². The number of rotatable bonds is 13. The minimum absolute atomic E-state index is 0.0356. The summed E-state index contributed by atoms with van der Waals surface area (Å²) in [6, 6.07) is 6.28. The molecule has 3 saturated carbocycles. The molecule has 4 aliphatic rings. The highest BCUT2D eigenvalue weighted by atomic mass is 16.6. The lowest BCUT2D eigenvalue weighted by Crippen LogP contribution is -2.60. The molecule has 4 unspecified atom stereocenters. The van der Waals surface area contributed by atoms with E-state index in [1.54, 1.807) is 37.8 Å². The second kappa shape index (κ2) is 15.5. The topological polar surface area (TPSA) is 160 Å². The summed E-state index contributed by atoms with van der Waals surface area (Å²) >= 11 is 0. The zero-order valence-electron chi connectivity index (χ0n) is 30.1. The zero-order chi connectivity index (χ0) is 36.2. The molecule has 4 fully saturated rings. The van der Waals surface area contributed by atoms with Gasteiger partial charge in [0.25, 0.3) is 5.91 Å². The molecule has 12 heteroatoms. The first-order valence-electron chi connectivity index (χ1n) is 18.3. The molecule has 1 aliphatic heterocycles. The SMILES string of the molecule is CC(C)(C)OC(=O)N[C@H](C(=O)N1CC2C(C1C(=O)NC(CC1CCC1)C(=O)C(=O)NCC(=O)OCc1ccccc1)C2(C)C)C1CCCCC1. The number of esters is 1. The van der Waals surface area contributed by atoms with Crippen LogP contribution < -0.4 is 16.0 Å². The molecule has 50 heavy (non-hydrogen) atoms. The van der Waals surface area contributed by atoms with Crippen molar-refractivity contribution in [2.75, 3.05) is 13.1 Å². The summed E-state index contributed by atoms with van der Waals surface area (Å²) < 4.78 is 10.7. The number of amides is 4. The predicted octanol–water partition coefficient (Wildman–Crippen LogP) is 4.05. The Morgan fingerprint density at radius 2 is 1.60 bits per heavy atom. The fourth-order valence-corrected chi connectivity index (χ4v) is 8.01. The Morgan fingerprint density at radius 1 is 0.920 bits per heavy atom. The van der Waals surface area contributed by atoms with Crippen molar-refractivity contribution in [3.63, 3.8) is 0 Å². The second-order valence-electron chi connectivity index (χ2n) is 16.2. The van der Waals surface area contributed by atoms with Gasteiger partial charge in [-0.1, -0.05) is 82.7 Å². The third kappa shape index (κ3) is 9.03. The maximum atomic E-state index is 14.4. The molecule has 4 amide bonds. The number of carbonyl (C=O) groups is 6. The maximum absolute atomic E-state index is 14.4. The van der Waals surface area contributed by atoms with Crippen molar-refractivity contribution in [1.82, 2.24) is 20.9 Å². The Labute approximate surface area is 295 Å². The van der Waals surface area contributed by atoms with Crippen LogP contribution in [0.25, 0.3) is 0 Å². The van der Waals surface area contributed by atoms with E-state index in [-0.39, 0.29) is 41.6 Å². The van der Waals surface area contributed by atoms with Crippen molar-refractivity contribution in [2.24, 2.45) is 29.1 Å². The van der Waals surface area contributed by atoms with Crippen LogP contribution >= 0.6 is 0 Å². The molecule has 0 radical (unpaired) electrons. The first-order chi connectivity index (χ1) is 23.7. The van der Waals surface area contributed by atoms with Gasteiger partial charge < -0.3 is 30.3 Å². The van der Waals surface area contributed by atoms with Crippen molar-refractivity contribution in [3.8, 4) is 0 Å². The molecule has 0 spiro atoms. The molecule has 5 atom stereocenters. The zero-order valence-corrected chi connectivity index (χ0v) is 30.1. The van der Waals surface area contributed by atoms with Gasteiger partial charge in [-0.15, -0.1) is 0 Å². The van der Waals surface area contributed by atoms with Crippen molar-refractivity contribution in [1.29, 1.82) is 0 Å². The molecule has 5 rings (SSSR count). The molecule has 12 nitrogen and oxygen atoms in total. The molecule has 1 heterocycles. The standard InChI is InChI=1S/C38H54N4O8/c1-37(2,3)50-36(48)41-30(25-17-10-7-11-18-25)35(47)42-21-26-29(38(26,4)5)31(42)33(45)40-27(19-23-15-12-16-23)32(44)34(46)39-20-28(43)49-22-24-13-8-6-9-14-24/h6,8-9,13-14,23,25-27,29-31H,7,10-12,15-22H2,1-5H3,(H,39,46)(H,40,45)(H,41,48)/t26?,27?,29?,30-,31?/m0/s1. The Bertz CT molecular complexity index is 1430. The van der Waals surface area contributed by atoms with E-state index in [4.69, 9.17) is 9.47 Å². The Kier molecular flexibility index (Phi) is 11.6. The number of benzene rings is 1. The van der Waals surface area contributed by atoms with Gasteiger partial charge in [0.1, 0.15) is 30.8 Å². The number of ketones is 1. The number of piperidine rings is 1. The quantitative estimate of drug-likeness (QED) is 0.206. The van der Waals surface area contributed by atoms with Crippen LogP contribution in [-0.4, -0.2) is 77.3 Å². The lowest BCUT2D eigenvalue weighted by atomic mass is 9.80. The highest BCUT2D eigenvalue weighted by Gasteiger charge is 2.69. The summed E-state index contributed by atoms with van der Waals surface area (Å²) in [5.41, 5.74) is -0.150. The summed E-state index contributed by atoms with van der Waals surface area (Å²) in [7, 11) is 0. The van der Waals surface area contributed by atoms with Crippen LogP contribution in [0.5, 0.6) is 0 Å². The minimum Gasteiger partial charge on any atom is -0.460 e. The smallest absolute Gasteiger partial charge is 0.408 e. The highest BCUT2D eigenvalue weighted by molar-refractivity contribution is 6.38. The monoisotopic (exact) mass is 694 g/mol. The molecule has 0 bridgehead atoms. The first-order valence-corrected chi connectivity index (χ1v) is 18.3. The molecular weight excluding hydrogens is 640 g/mol. The predicted molar refractivity (Wildman–Crippen MR) is 184 cm³/mol. The van der Waals surface area contributed by atoms with Crippen LogP contribution in [0.1, 0.15) is 98.0 Å². The van der Waals surface area contributed by atoms with Gasteiger partial charge in [-0.25, -0.2) is 4.79 Å². The van der Waals surface area contributed by atoms with Crippen LogP contribution in [0.3, 0.4) is 0 Å². The number of carbonyl (C=O) groups excluding carboxylic acids is 6. The van der Waals surface area contributed by atoms with E-state index in [0.29, 0.717) is 13.0 Å². The molecule has 3 N–H and O–H groups in total. The summed E-state index contributed by atoms with van der Waals surface area (Å²) in [5, 5.41) is 8.09. The number of Topliss-reactive ketones (excluding diaryl/α,β-unsaturated/α-hetero) is 1. The van der Waals surface area contributed by atoms with Crippen molar-refractivity contribution in [2.45, 2.75) is 123 Å². The largest absolute Gasteiger partial charge is 0.460 e. The number of alkyl carbamates (subject to hydrolysis) is 1. The highest BCUT2D eigenvalue weighted by Crippen LogP contribution is 2.65. The Morgan fingerprint density at radius 3 is 2.22 bits per heavy atom. The van der Waals surface area contributed by atoms with Crippen LogP contribution in [0.2, 0.25) is 0 Å². The number of hydrogen-bond acceptors (Lipinski definition) is 8. The van der Waals surface area contributed by atoms with E-state index < -0.39 is 59.9 Å². The van der Waals surface area contributed by atoms with Gasteiger partial charge in [0, 0.05) is 6.54 Å². The summed E-state index contributed by atoms with van der Waals surface area (Å²) in [6.07, 6.45) is 6.92. The van der Waals surface area contributed by atoms with Crippen LogP contribution in [-0.2, 0) is 40.1 Å². The summed E-state index contributed by atoms with van der Waals surface area (Å²) in [4.78, 5) is 82.0. The van der Waals surface area contributed by atoms with E-state index >= 15 is 0 Å². The number of ether oxygens (including phenoxy) is 2. The van der Waals surface area contributed by atoms with Gasteiger partial charge in [0.2, 0.25) is 17.6 Å². The number of nitrogens with zero attached hydrogens (tertiary/aromatic N) is 1. The molecule has 0 aromatic heterocycles. The molecular formula is C38H54N4O8. The van der Waals surface area contributed by atoms with E-state index in [2.05, 4.69) is 29.8 Å². The normalized spacial score (nSPS) is 24.1. The van der Waals surface area contributed by atoms with E-state index in [0.717, 1.165) is 56.9 Å². The minimum atomic E-state index is -1.11.